The molecular weight excluding hydrogens is 501 g/mol. The Morgan fingerprint density at radius 1 is 1.06 bits per heavy atom. The van der Waals surface area contributed by atoms with Gasteiger partial charge in [0.05, 0.1) is 5.71 Å². The third-order valence-corrected chi connectivity index (χ3v) is 6.67. The van der Waals surface area contributed by atoms with E-state index in [-0.39, 0.29) is 36.6 Å². The number of rotatable bonds is 7. The van der Waals surface area contributed by atoms with Crippen molar-refractivity contribution in [2.45, 2.75) is 19.8 Å². The summed E-state index contributed by atoms with van der Waals surface area (Å²) in [5, 5.41) is 4.31. The Bertz CT molecular complexity index is 1190. The van der Waals surface area contributed by atoms with E-state index in [4.69, 9.17) is 9.15 Å². The number of piperazine rings is 1. The summed E-state index contributed by atoms with van der Waals surface area (Å²) in [5.74, 6) is 1.49. The van der Waals surface area contributed by atoms with Crippen molar-refractivity contribution in [3.05, 3.63) is 48.0 Å². The molecule has 0 saturated carbocycles. The van der Waals surface area contributed by atoms with Gasteiger partial charge in [0.1, 0.15) is 17.9 Å². The number of hydrogen-bond donors (Lipinski definition) is 1. The number of hydrogen-bond acceptors (Lipinski definition) is 7. The van der Waals surface area contributed by atoms with Gasteiger partial charge < -0.3 is 14.1 Å². The molecule has 1 unspecified atom stereocenters. The van der Waals surface area contributed by atoms with Crippen molar-refractivity contribution in [1.82, 2.24) is 20.2 Å². The van der Waals surface area contributed by atoms with Crippen LogP contribution in [0.3, 0.4) is 0 Å². The summed E-state index contributed by atoms with van der Waals surface area (Å²) in [5.41, 5.74) is 6.83. The summed E-state index contributed by atoms with van der Waals surface area (Å²) in [4.78, 5) is 21.1. The zero-order valence-corrected chi connectivity index (χ0v) is 22.2. The van der Waals surface area contributed by atoms with Crippen LogP contribution in [0.15, 0.2) is 52.0 Å². The number of aromatic nitrogens is 1. The Hall–Kier alpha value is -2.65. The molecule has 0 spiro atoms. The van der Waals surface area contributed by atoms with Gasteiger partial charge in [-0.1, -0.05) is 13.0 Å². The van der Waals surface area contributed by atoms with Crippen LogP contribution in [-0.4, -0.2) is 72.8 Å². The van der Waals surface area contributed by atoms with Crippen LogP contribution in [0.5, 0.6) is 5.75 Å². The fourth-order valence-corrected chi connectivity index (χ4v) is 4.48. The Labute approximate surface area is 223 Å². The number of carbonyl (C=O) groups excluding carboxylic acids is 1. The first-order chi connectivity index (χ1) is 16.6. The van der Waals surface area contributed by atoms with E-state index in [2.05, 4.69) is 39.3 Å². The monoisotopic (exact) mass is 533 g/mol. The van der Waals surface area contributed by atoms with E-state index in [1.165, 1.54) is 0 Å². The molecule has 1 N–H and O–H groups in total. The number of fused-ring (bicyclic) bond motifs is 1. The van der Waals surface area contributed by atoms with Crippen molar-refractivity contribution in [3.63, 3.8) is 0 Å². The largest absolute Gasteiger partial charge is 0.492 e. The zero-order chi connectivity index (χ0) is 23.5. The summed E-state index contributed by atoms with van der Waals surface area (Å²) < 4.78 is 12.0. The molecule has 3 heterocycles. The number of oxazole rings is 1. The van der Waals surface area contributed by atoms with Gasteiger partial charge in [0.15, 0.2) is 5.58 Å². The van der Waals surface area contributed by atoms with Crippen LogP contribution in [-0.2, 0) is 4.79 Å². The summed E-state index contributed by atoms with van der Waals surface area (Å²) in [6, 6.07) is 13.8. The van der Waals surface area contributed by atoms with Crippen molar-refractivity contribution < 1.29 is 13.9 Å². The molecule has 3 aromatic rings. The maximum absolute atomic E-state index is 11.7. The molecular formula is C26H33Cl2N5O3. The molecule has 0 radical (unpaired) electrons. The third kappa shape index (κ3) is 6.37. The van der Waals surface area contributed by atoms with E-state index in [1.807, 2.05) is 42.5 Å². The van der Waals surface area contributed by atoms with Gasteiger partial charge in [-0.25, -0.2) is 10.4 Å². The fraction of sp³-hybridized carbons (Fsp3) is 0.423. The van der Waals surface area contributed by atoms with Gasteiger partial charge in [0.2, 0.25) is 11.8 Å². The predicted molar refractivity (Wildman–Crippen MR) is 146 cm³/mol. The van der Waals surface area contributed by atoms with Gasteiger partial charge >= 0.3 is 0 Å². The van der Waals surface area contributed by atoms with Crippen molar-refractivity contribution in [3.8, 4) is 17.2 Å². The molecule has 1 atom stereocenters. The predicted octanol–water partition coefficient (Wildman–Crippen LogP) is 4.21. The highest BCUT2D eigenvalue weighted by Crippen LogP contribution is 2.28. The Kier molecular flexibility index (Phi) is 9.73. The number of halogens is 2. The van der Waals surface area contributed by atoms with E-state index >= 15 is 0 Å². The summed E-state index contributed by atoms with van der Waals surface area (Å²) in [6.45, 7) is 8.12. The second-order valence-electron chi connectivity index (χ2n) is 9.06. The third-order valence-electron chi connectivity index (χ3n) is 6.67. The van der Waals surface area contributed by atoms with E-state index < -0.39 is 0 Å². The van der Waals surface area contributed by atoms with Gasteiger partial charge in [-0.05, 0) is 49.9 Å². The molecule has 0 bridgehead atoms. The van der Waals surface area contributed by atoms with Crippen LogP contribution in [0.2, 0.25) is 0 Å². The topological polar surface area (TPSA) is 83.2 Å². The second-order valence-corrected chi connectivity index (χ2v) is 9.06. The highest BCUT2D eigenvalue weighted by Gasteiger charge is 2.24. The smallest absolute Gasteiger partial charge is 0.240 e. The first-order valence-electron chi connectivity index (χ1n) is 12.0. The van der Waals surface area contributed by atoms with Crippen LogP contribution < -0.4 is 10.2 Å². The molecule has 1 saturated heterocycles. The number of nitrogens with zero attached hydrogens (tertiary/aromatic N) is 4. The molecule has 2 aliphatic heterocycles. The number of nitrogens with one attached hydrogen (secondary N) is 1. The van der Waals surface area contributed by atoms with E-state index in [9.17, 15) is 4.79 Å². The van der Waals surface area contributed by atoms with Crippen LogP contribution >= 0.6 is 24.8 Å². The molecule has 2 aliphatic rings. The Morgan fingerprint density at radius 2 is 1.78 bits per heavy atom. The molecule has 36 heavy (non-hydrogen) atoms. The Morgan fingerprint density at radius 3 is 2.50 bits per heavy atom. The lowest BCUT2D eigenvalue weighted by molar-refractivity contribution is -0.122. The second kappa shape index (κ2) is 12.5. The summed E-state index contributed by atoms with van der Waals surface area (Å²) in [6.07, 6.45) is 1.31. The highest BCUT2D eigenvalue weighted by molar-refractivity contribution is 6.07. The van der Waals surface area contributed by atoms with Crippen molar-refractivity contribution >= 4 is 47.5 Å². The zero-order valence-electron chi connectivity index (χ0n) is 20.6. The quantitative estimate of drug-likeness (QED) is 0.489. The molecule has 2 aromatic carbocycles. The number of likely N-dealkylation sites (N-methyl/N-ethyl adjacent to an activating group) is 1. The van der Waals surface area contributed by atoms with Crippen molar-refractivity contribution in [2.75, 3.05) is 46.4 Å². The van der Waals surface area contributed by atoms with Crippen LogP contribution in [0.1, 0.15) is 25.3 Å². The molecule has 10 heteroatoms. The average molecular weight is 534 g/mol. The van der Waals surface area contributed by atoms with Crippen LogP contribution in [0.25, 0.3) is 22.6 Å². The van der Waals surface area contributed by atoms with Crippen molar-refractivity contribution in [1.29, 1.82) is 0 Å². The number of amides is 1. The molecule has 0 aliphatic carbocycles. The molecule has 1 aromatic heterocycles. The normalized spacial score (nSPS) is 18.7. The number of hydrazone groups is 1. The minimum Gasteiger partial charge on any atom is -0.492 e. The highest BCUT2D eigenvalue weighted by atomic mass is 35.5. The SMILES string of the molecule is CCC1CC(=O)NN=C1c1ccc2nc(-c3ccc(OCCN4CCN(C)CC4)cc3)oc2c1.Cl.Cl. The standard InChI is InChI=1S/C26H31N5O3.2ClH/c1-3-18-17-24(32)28-29-25(18)20-6-9-22-23(16-20)34-26(27-22)19-4-7-21(8-5-19)33-15-14-31-12-10-30(2)11-13-31;;/h4-9,16,18H,3,10-15,17H2,1-2H3,(H,28,32);2*1H. The van der Waals surface area contributed by atoms with Crippen molar-refractivity contribution in [2.24, 2.45) is 11.0 Å². The van der Waals surface area contributed by atoms with Gasteiger partial charge in [0, 0.05) is 56.2 Å². The lowest BCUT2D eigenvalue weighted by Gasteiger charge is -2.32. The maximum Gasteiger partial charge on any atom is 0.240 e. The molecule has 1 fully saturated rings. The lowest BCUT2D eigenvalue weighted by atomic mass is 9.90. The maximum atomic E-state index is 11.7. The fourth-order valence-electron chi connectivity index (χ4n) is 4.48. The van der Waals surface area contributed by atoms with E-state index in [1.54, 1.807) is 0 Å². The summed E-state index contributed by atoms with van der Waals surface area (Å²) in [7, 11) is 2.17. The first kappa shape index (κ1) is 27.9. The molecule has 5 rings (SSSR count). The van der Waals surface area contributed by atoms with Gasteiger partial charge in [-0.2, -0.15) is 5.10 Å². The molecule has 1 amide bonds. The minimum absolute atomic E-state index is 0. The molecule has 194 valence electrons. The average Bonchev–Trinajstić information content (AvgIpc) is 3.29. The van der Waals surface area contributed by atoms with Gasteiger partial charge in [-0.3, -0.25) is 9.69 Å². The lowest BCUT2D eigenvalue weighted by Crippen LogP contribution is -2.45. The van der Waals surface area contributed by atoms with E-state index in [0.717, 1.165) is 67.2 Å². The van der Waals surface area contributed by atoms with Crippen LogP contribution in [0.4, 0.5) is 0 Å². The van der Waals surface area contributed by atoms with Crippen LogP contribution in [0, 0.1) is 5.92 Å². The Balaban J connectivity index is 0.00000180. The van der Waals surface area contributed by atoms with Gasteiger partial charge in [0.25, 0.3) is 0 Å². The first-order valence-corrected chi connectivity index (χ1v) is 12.0. The minimum atomic E-state index is -0.0367. The van der Waals surface area contributed by atoms with Gasteiger partial charge in [-0.15, -0.1) is 24.8 Å². The number of benzene rings is 2. The number of carbonyl (C=O) groups is 1. The van der Waals surface area contributed by atoms with E-state index in [0.29, 0.717) is 24.5 Å². The molecule has 8 nitrogen and oxygen atoms in total. The summed E-state index contributed by atoms with van der Waals surface area (Å²) >= 11 is 0. The number of ether oxygens (including phenoxy) is 1.